The first-order valence-corrected chi connectivity index (χ1v) is 8.24. The topological polar surface area (TPSA) is 20.3 Å². The summed E-state index contributed by atoms with van der Waals surface area (Å²) in [4.78, 5) is 14.1. The van der Waals surface area contributed by atoms with Gasteiger partial charge in [-0.3, -0.25) is 4.79 Å². The number of hydrogen-bond donors (Lipinski definition) is 0. The van der Waals surface area contributed by atoms with E-state index in [1.54, 1.807) is 0 Å². The highest BCUT2D eigenvalue weighted by Gasteiger charge is 2.60. The van der Waals surface area contributed by atoms with Crippen molar-refractivity contribution in [2.45, 2.75) is 50.9 Å². The molecule has 0 saturated heterocycles. The van der Waals surface area contributed by atoms with Crippen LogP contribution in [0.3, 0.4) is 0 Å². The van der Waals surface area contributed by atoms with Gasteiger partial charge in [-0.25, -0.2) is 8.78 Å². The molecule has 0 bridgehead atoms. The molecule has 22 heavy (non-hydrogen) atoms. The van der Waals surface area contributed by atoms with Gasteiger partial charge < -0.3 is 4.90 Å². The summed E-state index contributed by atoms with van der Waals surface area (Å²) in [6.45, 7) is 1.92. The Kier molecular flexibility index (Phi) is 4.20. The number of carbonyl (C=O) groups is 1. The van der Waals surface area contributed by atoms with E-state index >= 15 is 0 Å². The predicted molar refractivity (Wildman–Crippen MR) is 82.0 cm³/mol. The second kappa shape index (κ2) is 5.98. The summed E-state index contributed by atoms with van der Waals surface area (Å²) in [6, 6.07) is 8.32. The van der Waals surface area contributed by atoms with Crippen molar-refractivity contribution >= 4 is 5.91 Å². The molecule has 2 atom stereocenters. The summed E-state index contributed by atoms with van der Waals surface area (Å²) in [6.07, 6.45) is 2.25. The summed E-state index contributed by atoms with van der Waals surface area (Å²) < 4.78 is 25.5. The van der Waals surface area contributed by atoms with Crippen LogP contribution < -0.4 is 0 Å². The van der Waals surface area contributed by atoms with Crippen LogP contribution in [0.1, 0.15) is 43.7 Å². The van der Waals surface area contributed by atoms with Crippen molar-refractivity contribution in [2.24, 2.45) is 5.92 Å². The Morgan fingerprint density at radius 2 is 2.18 bits per heavy atom. The third-order valence-electron chi connectivity index (χ3n) is 5.16. The van der Waals surface area contributed by atoms with Crippen molar-refractivity contribution in [1.29, 1.82) is 0 Å². The van der Waals surface area contributed by atoms with Crippen LogP contribution in [0.5, 0.6) is 0 Å². The number of alkyl halides is 2. The summed E-state index contributed by atoms with van der Waals surface area (Å²) in [5.74, 6) is -0.168. The lowest BCUT2D eigenvalue weighted by atomic mass is 9.78. The quantitative estimate of drug-likeness (QED) is 0.810. The fourth-order valence-electron chi connectivity index (χ4n) is 4.10. The van der Waals surface area contributed by atoms with Crippen LogP contribution in [0.2, 0.25) is 0 Å². The molecule has 0 aliphatic heterocycles. The lowest BCUT2D eigenvalue weighted by molar-refractivity contribution is -0.135. The minimum absolute atomic E-state index is 0.0694. The van der Waals surface area contributed by atoms with Gasteiger partial charge in [-0.15, -0.1) is 0 Å². The minimum atomic E-state index is -2.45. The van der Waals surface area contributed by atoms with Gasteiger partial charge in [-0.2, -0.15) is 0 Å². The Hall–Kier alpha value is -1.45. The van der Waals surface area contributed by atoms with E-state index in [4.69, 9.17) is 0 Å². The number of nitrogens with zero attached hydrogens (tertiary/aromatic N) is 1. The molecule has 2 aliphatic carbocycles. The molecule has 0 radical (unpaired) electrons. The van der Waals surface area contributed by atoms with E-state index in [2.05, 4.69) is 12.1 Å². The number of fused-ring (bicyclic) bond motifs is 2. The summed E-state index contributed by atoms with van der Waals surface area (Å²) >= 11 is 0. The molecular formula is C18H23F2NO. The van der Waals surface area contributed by atoms with E-state index in [9.17, 15) is 13.6 Å². The Labute approximate surface area is 130 Å². The number of rotatable bonds is 5. The van der Waals surface area contributed by atoms with Gasteiger partial charge in [0.25, 0.3) is 6.43 Å². The van der Waals surface area contributed by atoms with Crippen LogP contribution in [0, 0.1) is 5.92 Å². The fourth-order valence-corrected chi connectivity index (χ4v) is 4.10. The molecular weight excluding hydrogens is 284 g/mol. The van der Waals surface area contributed by atoms with Crippen LogP contribution in [-0.2, 0) is 16.6 Å². The molecule has 1 spiro atoms. The average molecular weight is 307 g/mol. The van der Waals surface area contributed by atoms with Crippen LogP contribution in [-0.4, -0.2) is 30.3 Å². The van der Waals surface area contributed by atoms with Crippen LogP contribution in [0.4, 0.5) is 8.78 Å². The lowest BCUT2D eigenvalue weighted by Crippen LogP contribution is -2.38. The van der Waals surface area contributed by atoms with E-state index < -0.39 is 13.0 Å². The maximum atomic E-state index is 12.7. The van der Waals surface area contributed by atoms with E-state index in [0.717, 1.165) is 32.1 Å². The third-order valence-corrected chi connectivity index (χ3v) is 5.16. The Bertz CT molecular complexity index is 560. The Morgan fingerprint density at radius 1 is 1.41 bits per heavy atom. The molecule has 0 heterocycles. The molecule has 1 aromatic carbocycles. The average Bonchev–Trinajstić information content (AvgIpc) is 3.21. The zero-order valence-corrected chi connectivity index (χ0v) is 13.0. The third kappa shape index (κ3) is 2.64. The maximum Gasteiger partial charge on any atom is 0.255 e. The maximum absolute atomic E-state index is 12.7. The van der Waals surface area contributed by atoms with Gasteiger partial charge in [0.05, 0.1) is 6.54 Å². The van der Waals surface area contributed by atoms with Gasteiger partial charge in [-0.1, -0.05) is 31.2 Å². The second-order valence-electron chi connectivity index (χ2n) is 6.60. The molecule has 0 unspecified atom stereocenters. The van der Waals surface area contributed by atoms with Crippen molar-refractivity contribution in [1.82, 2.24) is 4.90 Å². The highest BCUT2D eigenvalue weighted by Crippen LogP contribution is 2.60. The van der Waals surface area contributed by atoms with Gasteiger partial charge in [-0.05, 0) is 43.2 Å². The van der Waals surface area contributed by atoms with Gasteiger partial charge in [0, 0.05) is 17.9 Å². The monoisotopic (exact) mass is 307 g/mol. The summed E-state index contributed by atoms with van der Waals surface area (Å²) in [7, 11) is 0. The first-order valence-electron chi connectivity index (χ1n) is 8.24. The summed E-state index contributed by atoms with van der Waals surface area (Å²) in [5, 5.41) is 0. The molecule has 1 fully saturated rings. The van der Waals surface area contributed by atoms with Crippen LogP contribution in [0.15, 0.2) is 24.3 Å². The van der Waals surface area contributed by atoms with E-state index in [1.165, 1.54) is 16.0 Å². The highest BCUT2D eigenvalue weighted by molar-refractivity contribution is 5.85. The smallest absolute Gasteiger partial charge is 0.255 e. The SMILES string of the molecule is CCCN(CC(F)F)C(=O)[C@@H]1C[C@]12CCCc1ccccc12. The van der Waals surface area contributed by atoms with Gasteiger partial charge in [0.2, 0.25) is 5.91 Å². The number of carbonyl (C=O) groups excluding carboxylic acids is 1. The molecule has 1 amide bonds. The van der Waals surface area contributed by atoms with Crippen LogP contribution >= 0.6 is 0 Å². The van der Waals surface area contributed by atoms with Crippen molar-refractivity contribution < 1.29 is 13.6 Å². The van der Waals surface area contributed by atoms with Crippen molar-refractivity contribution in [2.75, 3.05) is 13.1 Å². The minimum Gasteiger partial charge on any atom is -0.337 e. The molecule has 4 heteroatoms. The molecule has 3 rings (SSSR count). The number of aryl methyl sites for hydroxylation is 1. The van der Waals surface area contributed by atoms with Crippen molar-refractivity contribution in [3.8, 4) is 0 Å². The van der Waals surface area contributed by atoms with E-state index in [-0.39, 0.29) is 17.2 Å². The molecule has 1 aromatic rings. The normalized spacial score (nSPS) is 26.1. The lowest BCUT2D eigenvalue weighted by Gasteiger charge is -2.28. The first-order chi connectivity index (χ1) is 10.6. The standard InChI is InChI=1S/C18H23F2NO/c1-2-10-21(12-16(19)20)17(22)15-11-18(15)9-5-7-13-6-3-4-8-14(13)18/h3-4,6,8,15-16H,2,5,7,9-12H2,1H3/t15-,18-/m0/s1. The molecule has 0 aromatic heterocycles. The number of amides is 1. The number of benzene rings is 1. The Balaban J connectivity index is 1.80. The molecule has 2 nitrogen and oxygen atoms in total. The molecule has 0 N–H and O–H groups in total. The van der Waals surface area contributed by atoms with Gasteiger partial charge >= 0.3 is 0 Å². The summed E-state index contributed by atoms with van der Waals surface area (Å²) in [5.41, 5.74) is 2.55. The second-order valence-corrected chi connectivity index (χ2v) is 6.60. The van der Waals surface area contributed by atoms with Crippen molar-refractivity contribution in [3.63, 3.8) is 0 Å². The largest absolute Gasteiger partial charge is 0.337 e. The van der Waals surface area contributed by atoms with Gasteiger partial charge in [0.1, 0.15) is 0 Å². The van der Waals surface area contributed by atoms with E-state index in [1.807, 2.05) is 19.1 Å². The molecule has 120 valence electrons. The number of hydrogen-bond acceptors (Lipinski definition) is 1. The van der Waals surface area contributed by atoms with Crippen molar-refractivity contribution in [3.05, 3.63) is 35.4 Å². The van der Waals surface area contributed by atoms with Gasteiger partial charge in [0.15, 0.2) is 0 Å². The molecule has 2 aliphatic rings. The highest BCUT2D eigenvalue weighted by atomic mass is 19.3. The molecule has 1 saturated carbocycles. The predicted octanol–water partition coefficient (Wildman–Crippen LogP) is 3.78. The zero-order chi connectivity index (χ0) is 15.7. The van der Waals surface area contributed by atoms with E-state index in [0.29, 0.717) is 6.54 Å². The number of halogens is 2. The Morgan fingerprint density at radius 3 is 2.91 bits per heavy atom. The fraction of sp³-hybridized carbons (Fsp3) is 0.611. The van der Waals surface area contributed by atoms with Crippen LogP contribution in [0.25, 0.3) is 0 Å². The first kappa shape index (κ1) is 15.4. The zero-order valence-electron chi connectivity index (χ0n) is 13.0.